The van der Waals surface area contributed by atoms with Crippen LogP contribution in [-0.4, -0.2) is 42.9 Å². The predicted octanol–water partition coefficient (Wildman–Crippen LogP) is 5.24. The van der Waals surface area contributed by atoms with Crippen molar-refractivity contribution in [1.29, 1.82) is 0 Å². The normalized spacial score (nSPS) is 20.1. The monoisotopic (exact) mass is 492 g/mol. The van der Waals surface area contributed by atoms with Crippen LogP contribution in [0.15, 0.2) is 30.6 Å². The molecule has 4 heterocycles. The molecule has 0 N–H and O–H groups in total. The topological polar surface area (TPSA) is 87.8 Å². The highest BCUT2D eigenvalue weighted by molar-refractivity contribution is 5.87. The molecule has 1 aliphatic carbocycles. The van der Waals surface area contributed by atoms with E-state index >= 15 is 0 Å². The summed E-state index contributed by atoms with van der Waals surface area (Å²) < 4.78 is 42.3. The number of rotatable bonds is 6. The van der Waals surface area contributed by atoms with E-state index in [1.807, 2.05) is 17.8 Å². The minimum absolute atomic E-state index is 0.0339. The molecule has 2 atom stereocenters. The van der Waals surface area contributed by atoms with Crippen molar-refractivity contribution in [3.8, 4) is 17.1 Å². The Labute approximate surface area is 206 Å². The lowest BCUT2D eigenvalue weighted by atomic mass is 9.92. The van der Waals surface area contributed by atoms with Crippen molar-refractivity contribution in [1.82, 2.24) is 29.7 Å². The Morgan fingerprint density at radius 1 is 1.11 bits per heavy atom. The summed E-state index contributed by atoms with van der Waals surface area (Å²) in [7, 11) is 0. The van der Waals surface area contributed by atoms with Crippen molar-refractivity contribution >= 4 is 11.2 Å². The van der Waals surface area contributed by atoms with E-state index in [4.69, 9.17) is 19.4 Å². The molecule has 3 aromatic heterocycles. The third-order valence-electron chi connectivity index (χ3n) is 6.71. The second-order valence-corrected chi connectivity index (χ2v) is 9.34. The van der Waals surface area contributed by atoms with Crippen LogP contribution in [0.25, 0.3) is 22.4 Å². The van der Waals surface area contributed by atoms with Gasteiger partial charge in [-0.15, -0.1) is 0 Å². The zero-order valence-electron chi connectivity index (χ0n) is 20.1. The van der Waals surface area contributed by atoms with Crippen LogP contribution in [0.2, 0.25) is 0 Å². The Balaban J connectivity index is 1.42. The highest BCUT2D eigenvalue weighted by Gasteiger charge is 2.31. The third-order valence-corrected chi connectivity index (χ3v) is 6.71. The molecule has 6 rings (SSSR count). The van der Waals surface area contributed by atoms with E-state index in [0.717, 1.165) is 24.5 Å². The number of aryl methyl sites for hydroxylation is 1. The van der Waals surface area contributed by atoms with Crippen LogP contribution in [0.3, 0.4) is 0 Å². The van der Waals surface area contributed by atoms with Gasteiger partial charge in [-0.3, -0.25) is 4.68 Å². The summed E-state index contributed by atoms with van der Waals surface area (Å²) in [5, 5.41) is 4.50. The Hall–Kier alpha value is -3.53. The molecule has 1 aliphatic heterocycles. The van der Waals surface area contributed by atoms with Crippen molar-refractivity contribution in [2.45, 2.75) is 57.6 Å². The zero-order valence-corrected chi connectivity index (χ0v) is 20.1. The summed E-state index contributed by atoms with van der Waals surface area (Å²) >= 11 is 0. The first-order chi connectivity index (χ1) is 17.5. The Morgan fingerprint density at radius 2 is 1.97 bits per heavy atom. The van der Waals surface area contributed by atoms with Crippen LogP contribution in [0.1, 0.15) is 67.8 Å². The van der Waals surface area contributed by atoms with Crippen molar-refractivity contribution in [3.05, 3.63) is 59.3 Å². The van der Waals surface area contributed by atoms with Gasteiger partial charge in [0.05, 0.1) is 24.9 Å². The van der Waals surface area contributed by atoms with Crippen LogP contribution >= 0.6 is 0 Å². The van der Waals surface area contributed by atoms with Crippen molar-refractivity contribution in [2.75, 3.05) is 13.2 Å². The molecule has 0 unspecified atom stereocenters. The Morgan fingerprint density at radius 3 is 2.75 bits per heavy atom. The molecule has 186 valence electrons. The molecule has 0 amide bonds. The molecule has 2 fully saturated rings. The van der Waals surface area contributed by atoms with Gasteiger partial charge in [0.25, 0.3) is 0 Å². The van der Waals surface area contributed by atoms with Gasteiger partial charge in [0.2, 0.25) is 5.88 Å². The summed E-state index contributed by atoms with van der Waals surface area (Å²) in [4.78, 5) is 18.7. The first-order valence-corrected chi connectivity index (χ1v) is 12.3. The maximum atomic E-state index is 14.9. The van der Waals surface area contributed by atoms with E-state index in [2.05, 4.69) is 21.3 Å². The van der Waals surface area contributed by atoms with Gasteiger partial charge in [-0.25, -0.2) is 28.7 Å². The minimum Gasteiger partial charge on any atom is -0.477 e. The summed E-state index contributed by atoms with van der Waals surface area (Å²) in [6, 6.07) is 3.92. The molecular weight excluding hydrogens is 466 g/mol. The number of halogens is 2. The van der Waals surface area contributed by atoms with Crippen LogP contribution < -0.4 is 4.74 Å². The van der Waals surface area contributed by atoms with Gasteiger partial charge in [0.15, 0.2) is 5.65 Å². The van der Waals surface area contributed by atoms with Crippen molar-refractivity contribution in [3.63, 3.8) is 0 Å². The highest BCUT2D eigenvalue weighted by atomic mass is 19.1. The number of nitrogens with zero attached hydrogens (tertiary/aromatic N) is 6. The maximum Gasteiger partial charge on any atom is 0.236 e. The van der Waals surface area contributed by atoms with E-state index in [-0.39, 0.29) is 23.3 Å². The number of hydrogen-bond acceptors (Lipinski definition) is 7. The molecule has 0 radical (unpaired) electrons. The molecule has 0 bridgehead atoms. The molecule has 1 saturated carbocycles. The number of fused-ring (bicyclic) bond motifs is 1. The van der Waals surface area contributed by atoms with E-state index in [1.165, 1.54) is 12.1 Å². The van der Waals surface area contributed by atoms with Crippen LogP contribution in [0.4, 0.5) is 8.78 Å². The zero-order chi connectivity index (χ0) is 24.8. The first-order valence-electron chi connectivity index (χ1n) is 12.3. The van der Waals surface area contributed by atoms with Gasteiger partial charge in [0.1, 0.15) is 34.4 Å². The smallest absolute Gasteiger partial charge is 0.236 e. The fourth-order valence-corrected chi connectivity index (χ4v) is 4.68. The van der Waals surface area contributed by atoms with Gasteiger partial charge < -0.3 is 9.47 Å². The van der Waals surface area contributed by atoms with Gasteiger partial charge in [-0.2, -0.15) is 5.10 Å². The second-order valence-electron chi connectivity index (χ2n) is 9.34. The lowest BCUT2D eigenvalue weighted by Gasteiger charge is -2.28. The molecule has 36 heavy (non-hydrogen) atoms. The molecule has 1 saturated heterocycles. The fraction of sp³-hybridized carbons (Fsp3) is 0.423. The van der Waals surface area contributed by atoms with Crippen LogP contribution in [0, 0.1) is 18.6 Å². The summed E-state index contributed by atoms with van der Waals surface area (Å²) in [6.07, 6.45) is 7.51. The van der Waals surface area contributed by atoms with Gasteiger partial charge in [-0.05, 0) is 51.7 Å². The van der Waals surface area contributed by atoms with Crippen LogP contribution in [0.5, 0.6) is 5.88 Å². The third kappa shape index (κ3) is 4.30. The number of hydrogen-bond donors (Lipinski definition) is 0. The first kappa shape index (κ1) is 22.9. The van der Waals surface area contributed by atoms with E-state index in [0.29, 0.717) is 60.7 Å². The molecule has 2 aliphatic rings. The maximum absolute atomic E-state index is 14.9. The van der Waals surface area contributed by atoms with Gasteiger partial charge >= 0.3 is 0 Å². The number of aromatic nitrogens is 6. The van der Waals surface area contributed by atoms with Gasteiger partial charge in [0, 0.05) is 35.9 Å². The minimum atomic E-state index is -0.723. The fourth-order valence-electron chi connectivity index (χ4n) is 4.68. The molecular formula is C26H26F2N6O2. The lowest BCUT2D eigenvalue weighted by molar-refractivity contribution is 0.00396. The standard InChI is InChI=1S/C26H26F2N6O2/c1-3-35-26-14(2)30-25-23(32-26)22(19-7-4-17(27)11-20(19)28)31-24(33-25)15-8-9-36-21(10-15)16-12-29-34(13-16)18-5-6-18/h4,7,11-13,15,18,21H,3,5-6,8-10H2,1-2H3/t15-,21+/m0/s1. The van der Waals surface area contributed by atoms with Gasteiger partial charge in [-0.1, -0.05) is 0 Å². The summed E-state index contributed by atoms with van der Waals surface area (Å²) in [5.41, 5.74) is 2.69. The summed E-state index contributed by atoms with van der Waals surface area (Å²) in [6.45, 7) is 4.58. The molecule has 0 spiro atoms. The molecule has 1 aromatic carbocycles. The number of ether oxygens (including phenoxy) is 2. The van der Waals surface area contributed by atoms with E-state index in [9.17, 15) is 8.78 Å². The quantitative estimate of drug-likeness (QED) is 0.364. The van der Waals surface area contributed by atoms with Crippen molar-refractivity contribution in [2.24, 2.45) is 0 Å². The SMILES string of the molecule is CCOc1nc2c(-c3ccc(F)cc3F)nc([C@H]3CCO[C@@H](c4cnn(C5CC5)c4)C3)nc2nc1C. The average molecular weight is 493 g/mol. The Kier molecular flexibility index (Phi) is 5.83. The Bertz CT molecular complexity index is 1440. The number of benzene rings is 1. The molecule has 8 nitrogen and oxygen atoms in total. The highest BCUT2D eigenvalue weighted by Crippen LogP contribution is 2.40. The van der Waals surface area contributed by atoms with Crippen molar-refractivity contribution < 1.29 is 18.3 Å². The van der Waals surface area contributed by atoms with Crippen LogP contribution in [-0.2, 0) is 4.74 Å². The average Bonchev–Trinajstić information content (AvgIpc) is 3.60. The summed E-state index contributed by atoms with van der Waals surface area (Å²) in [5.74, 6) is -0.538. The van der Waals surface area contributed by atoms with E-state index < -0.39 is 11.6 Å². The molecule has 10 heteroatoms. The largest absolute Gasteiger partial charge is 0.477 e. The lowest BCUT2D eigenvalue weighted by Crippen LogP contribution is -2.20. The van der Waals surface area contributed by atoms with E-state index in [1.54, 1.807) is 6.92 Å². The molecule has 4 aromatic rings. The predicted molar refractivity (Wildman–Crippen MR) is 128 cm³/mol. The second kappa shape index (κ2) is 9.16.